The van der Waals surface area contributed by atoms with E-state index in [0.717, 1.165) is 45.4 Å². The van der Waals surface area contributed by atoms with Gasteiger partial charge in [-0.25, -0.2) is 4.90 Å². The second-order valence-corrected chi connectivity index (χ2v) is 12.1. The van der Waals surface area contributed by atoms with E-state index in [1.165, 1.54) is 4.90 Å². The van der Waals surface area contributed by atoms with Gasteiger partial charge in [-0.15, -0.1) is 0 Å². The molecule has 1 heterocycles. The van der Waals surface area contributed by atoms with Gasteiger partial charge in [0, 0.05) is 0 Å². The molecule has 0 unspecified atom stereocenters. The average molecular weight is 586 g/mol. The van der Waals surface area contributed by atoms with Crippen LogP contribution in [0.4, 0.5) is 5.69 Å². The molecule has 2 aliphatic carbocycles. The molecule has 2 fully saturated rings. The van der Waals surface area contributed by atoms with E-state index in [-0.39, 0.29) is 17.6 Å². The van der Waals surface area contributed by atoms with Gasteiger partial charge in [-0.1, -0.05) is 140 Å². The van der Waals surface area contributed by atoms with Crippen molar-refractivity contribution in [2.75, 3.05) is 4.90 Å². The summed E-state index contributed by atoms with van der Waals surface area (Å²) in [5.74, 6) is -2.61. The topological polar surface area (TPSA) is 54.5 Å². The van der Waals surface area contributed by atoms with Crippen molar-refractivity contribution in [3.05, 3.63) is 173 Å². The zero-order valence-electron chi connectivity index (χ0n) is 24.9. The van der Waals surface area contributed by atoms with Crippen LogP contribution in [-0.4, -0.2) is 17.6 Å². The lowest BCUT2D eigenvalue weighted by Crippen LogP contribution is -2.45. The number of imide groups is 1. The number of rotatable bonds is 6. The van der Waals surface area contributed by atoms with Gasteiger partial charge < -0.3 is 0 Å². The van der Waals surface area contributed by atoms with Crippen LogP contribution < -0.4 is 4.90 Å². The average Bonchev–Trinajstić information content (AvgIpc) is 3.62. The first-order valence-corrected chi connectivity index (χ1v) is 15.5. The fraction of sp³-hybridized carbons (Fsp3) is 0.146. The Morgan fingerprint density at radius 3 is 1.27 bits per heavy atom. The Bertz CT molecular complexity index is 1860. The van der Waals surface area contributed by atoms with E-state index < -0.39 is 22.7 Å². The van der Waals surface area contributed by atoms with Crippen molar-refractivity contribution in [2.24, 2.45) is 11.8 Å². The number of anilines is 1. The molecule has 1 saturated carbocycles. The fourth-order valence-electron chi connectivity index (χ4n) is 8.47. The predicted molar refractivity (Wildman–Crippen MR) is 176 cm³/mol. The number of carbonyl (C=O) groups is 3. The standard InChI is InChI=1S/C41H31NO3/c1-2-27-23-25-32(26-24-27)42-37(43)35-36(38(42)44)41(31-21-13-6-14-22-31)34(29-17-9-4-10-18-29)33(28-15-7-3-8-16-28)40(35,39(41)45)30-19-11-5-12-20-30/h3-26,35-36H,2H2,1H3/t35-,36-,40-,41-/m0/s1. The maximum atomic E-state index is 15.8. The highest BCUT2D eigenvalue weighted by molar-refractivity contribution is 6.39. The number of ketones is 1. The summed E-state index contributed by atoms with van der Waals surface area (Å²) in [7, 11) is 0. The quantitative estimate of drug-likeness (QED) is 0.195. The SMILES string of the molecule is CCc1ccc(N2C(=O)[C@@H]3[C@@H](C2=O)[C@@]2(c4ccccc4)C(=O)[C@@]3(c3ccccc3)C(c3ccccc3)=C2c2ccccc2)cc1. The molecule has 1 saturated heterocycles. The largest absolute Gasteiger partial charge is 0.297 e. The predicted octanol–water partition coefficient (Wildman–Crippen LogP) is 7.44. The number of carbonyl (C=O) groups excluding carboxylic acids is 3. The summed E-state index contributed by atoms with van der Waals surface area (Å²) >= 11 is 0. The lowest BCUT2D eigenvalue weighted by atomic mass is 9.59. The number of amides is 2. The molecule has 1 aliphatic heterocycles. The molecule has 4 atom stereocenters. The van der Waals surface area contributed by atoms with Crippen LogP contribution in [0, 0.1) is 11.8 Å². The van der Waals surface area contributed by atoms with Crippen molar-refractivity contribution in [1.82, 2.24) is 0 Å². The Balaban J connectivity index is 1.53. The molecule has 8 rings (SSSR count). The van der Waals surface area contributed by atoms with E-state index in [0.29, 0.717) is 5.69 Å². The molecule has 5 aromatic rings. The van der Waals surface area contributed by atoms with Crippen molar-refractivity contribution in [3.8, 4) is 0 Å². The van der Waals surface area contributed by atoms with Crippen LogP contribution >= 0.6 is 0 Å². The number of nitrogens with zero attached hydrogens (tertiary/aromatic N) is 1. The van der Waals surface area contributed by atoms with E-state index in [1.807, 2.05) is 146 Å². The second-order valence-electron chi connectivity index (χ2n) is 12.1. The molecule has 0 spiro atoms. The van der Waals surface area contributed by atoms with Crippen molar-refractivity contribution in [1.29, 1.82) is 0 Å². The lowest BCUT2D eigenvalue weighted by molar-refractivity contribution is -0.130. The van der Waals surface area contributed by atoms with Gasteiger partial charge in [-0.05, 0) is 57.5 Å². The van der Waals surface area contributed by atoms with E-state index >= 15 is 4.79 Å². The number of hydrogen-bond donors (Lipinski definition) is 0. The third-order valence-corrected chi connectivity index (χ3v) is 10.2. The van der Waals surface area contributed by atoms with Gasteiger partial charge in [0.2, 0.25) is 11.8 Å². The van der Waals surface area contributed by atoms with Crippen molar-refractivity contribution >= 4 is 34.4 Å². The molecule has 2 bridgehead atoms. The summed E-state index contributed by atoms with van der Waals surface area (Å²) in [5, 5.41) is 0. The van der Waals surface area contributed by atoms with Crippen molar-refractivity contribution in [2.45, 2.75) is 24.2 Å². The molecule has 4 heteroatoms. The molecule has 0 aromatic heterocycles. The molecule has 2 amide bonds. The van der Waals surface area contributed by atoms with Gasteiger partial charge in [-0.2, -0.15) is 0 Å². The molecule has 45 heavy (non-hydrogen) atoms. The number of benzene rings is 5. The van der Waals surface area contributed by atoms with Crippen LogP contribution in [-0.2, 0) is 31.6 Å². The Morgan fingerprint density at radius 1 is 0.511 bits per heavy atom. The van der Waals surface area contributed by atoms with Gasteiger partial charge in [0.15, 0.2) is 5.78 Å². The summed E-state index contributed by atoms with van der Waals surface area (Å²) in [6.45, 7) is 2.07. The number of allylic oxidation sites excluding steroid dienone is 2. The minimum atomic E-state index is -1.39. The molecule has 218 valence electrons. The van der Waals surface area contributed by atoms with Gasteiger partial charge in [-0.3, -0.25) is 14.4 Å². The zero-order valence-corrected chi connectivity index (χ0v) is 24.9. The summed E-state index contributed by atoms with van der Waals surface area (Å²) in [5.41, 5.74) is 3.70. The molecule has 3 aliphatic rings. The third kappa shape index (κ3) is 3.45. The molecule has 5 aromatic carbocycles. The molecular formula is C41H31NO3. The normalized spacial score (nSPS) is 25.3. The summed E-state index contributed by atoms with van der Waals surface area (Å²) < 4.78 is 0. The lowest BCUT2D eigenvalue weighted by Gasteiger charge is -2.39. The highest BCUT2D eigenvalue weighted by Crippen LogP contribution is 2.74. The molecular weight excluding hydrogens is 554 g/mol. The van der Waals surface area contributed by atoms with Crippen molar-refractivity contribution < 1.29 is 14.4 Å². The molecule has 4 nitrogen and oxygen atoms in total. The minimum absolute atomic E-state index is 0.109. The first-order chi connectivity index (χ1) is 22.1. The van der Waals surface area contributed by atoms with E-state index in [4.69, 9.17) is 0 Å². The number of Topliss-reactive ketones (excluding diaryl/α,β-unsaturated/α-hetero) is 1. The highest BCUT2D eigenvalue weighted by atomic mass is 16.2. The maximum Gasteiger partial charge on any atom is 0.239 e. The number of aryl methyl sites for hydroxylation is 1. The first-order valence-electron chi connectivity index (χ1n) is 15.5. The summed E-state index contributed by atoms with van der Waals surface area (Å²) in [6.07, 6.45) is 0.848. The van der Waals surface area contributed by atoms with Crippen LogP contribution in [0.1, 0.15) is 34.7 Å². The molecule has 0 N–H and O–H groups in total. The summed E-state index contributed by atoms with van der Waals surface area (Å²) in [4.78, 5) is 47.2. The Hall–Kier alpha value is -5.35. The van der Waals surface area contributed by atoms with E-state index in [2.05, 4.69) is 6.92 Å². The number of hydrogen-bond acceptors (Lipinski definition) is 3. The van der Waals surface area contributed by atoms with Gasteiger partial charge in [0.1, 0.15) is 0 Å². The van der Waals surface area contributed by atoms with Gasteiger partial charge >= 0.3 is 0 Å². The monoisotopic (exact) mass is 585 g/mol. The summed E-state index contributed by atoms with van der Waals surface area (Å²) in [6, 6.07) is 46.8. The Morgan fingerprint density at radius 2 is 0.889 bits per heavy atom. The van der Waals surface area contributed by atoms with Crippen LogP contribution in [0.2, 0.25) is 0 Å². The zero-order chi connectivity index (χ0) is 30.8. The van der Waals surface area contributed by atoms with Gasteiger partial charge in [0.05, 0.1) is 28.4 Å². The van der Waals surface area contributed by atoms with Crippen molar-refractivity contribution in [3.63, 3.8) is 0 Å². The van der Waals surface area contributed by atoms with Crippen LogP contribution in [0.5, 0.6) is 0 Å². The third-order valence-electron chi connectivity index (χ3n) is 10.2. The first kappa shape index (κ1) is 27.2. The highest BCUT2D eigenvalue weighted by Gasteiger charge is 2.82. The van der Waals surface area contributed by atoms with Crippen LogP contribution in [0.3, 0.4) is 0 Å². The second kappa shape index (κ2) is 10.1. The fourth-order valence-corrected chi connectivity index (χ4v) is 8.47. The Kier molecular flexibility index (Phi) is 6.11. The number of fused-ring (bicyclic) bond motifs is 5. The minimum Gasteiger partial charge on any atom is -0.297 e. The smallest absolute Gasteiger partial charge is 0.239 e. The maximum absolute atomic E-state index is 15.8. The molecule has 0 radical (unpaired) electrons. The van der Waals surface area contributed by atoms with Crippen LogP contribution in [0.25, 0.3) is 11.1 Å². The van der Waals surface area contributed by atoms with E-state index in [9.17, 15) is 9.59 Å². The van der Waals surface area contributed by atoms with Crippen LogP contribution in [0.15, 0.2) is 146 Å². The van der Waals surface area contributed by atoms with Gasteiger partial charge in [0.25, 0.3) is 0 Å². The Labute approximate surface area is 262 Å². The van der Waals surface area contributed by atoms with E-state index in [1.54, 1.807) is 0 Å².